The summed E-state index contributed by atoms with van der Waals surface area (Å²) >= 11 is 0. The van der Waals surface area contributed by atoms with E-state index < -0.39 is 66.7 Å². The average molecular weight is 1060 g/mol. The molecule has 0 saturated carbocycles. The number of carbonyl (C=O) groups is 2. The molecular formula is C63H60O15. The first-order valence-corrected chi connectivity index (χ1v) is 26.0. The normalized spacial score (nSPS) is 22.9. The molecule has 2 saturated heterocycles. The van der Waals surface area contributed by atoms with Crippen molar-refractivity contribution in [2.45, 2.75) is 75.8 Å². The summed E-state index contributed by atoms with van der Waals surface area (Å²) in [5.41, 5.74) is 6.63. The van der Waals surface area contributed by atoms with E-state index in [0.717, 1.165) is 27.8 Å². The van der Waals surface area contributed by atoms with Crippen LogP contribution in [0, 0.1) is 11.8 Å². The zero-order valence-electron chi connectivity index (χ0n) is 43.2. The lowest BCUT2D eigenvalue weighted by molar-refractivity contribution is -0.341. The Morgan fingerprint density at radius 2 is 1.04 bits per heavy atom. The summed E-state index contributed by atoms with van der Waals surface area (Å²) < 4.78 is 83.3. The van der Waals surface area contributed by atoms with Gasteiger partial charge in [0.25, 0.3) is 0 Å². The van der Waals surface area contributed by atoms with Crippen LogP contribution < -0.4 is 23.7 Å². The number of carbonyl (C=O) groups excluding carboxylic acids is 2. The quantitative estimate of drug-likeness (QED) is 0.0495. The van der Waals surface area contributed by atoms with Crippen LogP contribution in [0.3, 0.4) is 0 Å². The average Bonchev–Trinajstić information content (AvgIpc) is 4.31. The molecule has 0 bridgehead atoms. The number of cyclic esters (lactones) is 1. The van der Waals surface area contributed by atoms with E-state index in [4.69, 9.17) is 61.6 Å². The van der Waals surface area contributed by atoms with E-state index >= 15 is 0 Å². The van der Waals surface area contributed by atoms with Gasteiger partial charge in [0, 0.05) is 11.8 Å². The molecule has 1 aliphatic carbocycles. The van der Waals surface area contributed by atoms with Crippen LogP contribution >= 0.6 is 0 Å². The second kappa shape index (κ2) is 24.7. The Kier molecular flexibility index (Phi) is 16.6. The van der Waals surface area contributed by atoms with Crippen LogP contribution in [0.4, 0.5) is 4.79 Å². The van der Waals surface area contributed by atoms with Gasteiger partial charge < -0.3 is 61.6 Å². The van der Waals surface area contributed by atoms with E-state index in [0.29, 0.717) is 34.8 Å². The van der Waals surface area contributed by atoms with Crippen LogP contribution in [0.1, 0.15) is 56.5 Å². The van der Waals surface area contributed by atoms with E-state index in [1.54, 1.807) is 12.1 Å². The van der Waals surface area contributed by atoms with Gasteiger partial charge in [-0.3, -0.25) is 4.79 Å². The van der Waals surface area contributed by atoms with Crippen LogP contribution in [0.25, 0.3) is 0 Å². The molecule has 15 heteroatoms. The van der Waals surface area contributed by atoms with Crippen LogP contribution in [0.15, 0.2) is 176 Å². The third kappa shape index (κ3) is 11.9. The second-order valence-electron chi connectivity index (χ2n) is 19.4. The van der Waals surface area contributed by atoms with Crippen molar-refractivity contribution in [3.8, 4) is 28.7 Å². The Balaban J connectivity index is 0.977. The second-order valence-corrected chi connectivity index (χ2v) is 19.4. The third-order valence-electron chi connectivity index (χ3n) is 14.5. The van der Waals surface area contributed by atoms with Crippen LogP contribution in [-0.2, 0) is 75.7 Å². The molecular weight excluding hydrogens is 997 g/mol. The summed E-state index contributed by atoms with van der Waals surface area (Å²) in [7, 11) is 2.91. The molecule has 0 spiro atoms. The molecule has 3 heterocycles. The van der Waals surface area contributed by atoms with Crippen molar-refractivity contribution in [1.29, 1.82) is 0 Å². The molecule has 78 heavy (non-hydrogen) atoms. The fourth-order valence-electron chi connectivity index (χ4n) is 10.7. The third-order valence-corrected chi connectivity index (χ3v) is 14.5. The molecule has 15 nitrogen and oxygen atoms in total. The van der Waals surface area contributed by atoms with Crippen molar-refractivity contribution in [1.82, 2.24) is 0 Å². The first kappa shape index (κ1) is 52.3. The van der Waals surface area contributed by atoms with Crippen molar-refractivity contribution in [2.24, 2.45) is 11.8 Å². The minimum absolute atomic E-state index is 0.00340. The number of rotatable bonds is 21. The highest BCUT2D eigenvalue weighted by Gasteiger charge is 2.56. The Morgan fingerprint density at radius 1 is 0.551 bits per heavy atom. The topological polar surface area (TPSA) is 154 Å². The predicted molar refractivity (Wildman–Crippen MR) is 283 cm³/mol. The predicted octanol–water partition coefficient (Wildman–Crippen LogP) is 10.8. The molecule has 7 aromatic carbocycles. The zero-order valence-corrected chi connectivity index (χ0v) is 43.2. The number of benzene rings is 7. The van der Waals surface area contributed by atoms with E-state index in [-0.39, 0.29) is 63.7 Å². The first-order chi connectivity index (χ1) is 38.4. The van der Waals surface area contributed by atoms with Crippen LogP contribution in [-0.4, -0.2) is 77.1 Å². The monoisotopic (exact) mass is 1060 g/mol. The summed E-state index contributed by atoms with van der Waals surface area (Å²) in [6, 6.07) is 56.2. The van der Waals surface area contributed by atoms with Crippen molar-refractivity contribution in [3.05, 3.63) is 220 Å². The minimum Gasteiger partial charge on any atom is -0.493 e. The SMILES string of the molecule is COc1cc([C@@H]2c3cc4c(cc3[C@@H](O[C@@H]3O[C@H](COCc5ccccc5)[C@@H](OCc5ccccc5)[C@@H](OCc5ccccc5)[C@H]3OCc3ccccc3)[C@H]3COC(=O)[C@H]23)OCO4)cc(OC)c1OC(=O)OCc1ccccc1. The van der Waals surface area contributed by atoms with Crippen molar-refractivity contribution in [3.63, 3.8) is 0 Å². The van der Waals surface area contributed by atoms with E-state index in [1.165, 1.54) is 14.2 Å². The molecule has 0 radical (unpaired) electrons. The maximum Gasteiger partial charge on any atom is 0.514 e. The molecule has 402 valence electrons. The lowest BCUT2D eigenvalue weighted by Gasteiger charge is -2.48. The number of hydrogen-bond acceptors (Lipinski definition) is 15. The van der Waals surface area contributed by atoms with Gasteiger partial charge in [-0.1, -0.05) is 152 Å². The summed E-state index contributed by atoms with van der Waals surface area (Å²) in [6.45, 7) is 1.08. The molecule has 0 amide bonds. The summed E-state index contributed by atoms with van der Waals surface area (Å²) in [5, 5.41) is 0. The lowest BCUT2D eigenvalue weighted by atomic mass is 9.66. The Bertz CT molecular complexity index is 3070. The van der Waals surface area contributed by atoms with E-state index in [2.05, 4.69) is 0 Å². The van der Waals surface area contributed by atoms with E-state index in [9.17, 15) is 9.59 Å². The fourth-order valence-corrected chi connectivity index (χ4v) is 10.7. The zero-order chi connectivity index (χ0) is 53.2. The van der Waals surface area contributed by atoms with Gasteiger partial charge in [0.05, 0.1) is 65.9 Å². The van der Waals surface area contributed by atoms with Crippen molar-refractivity contribution < 1.29 is 71.2 Å². The van der Waals surface area contributed by atoms with E-state index in [1.807, 2.05) is 164 Å². The van der Waals surface area contributed by atoms with Gasteiger partial charge in [0.1, 0.15) is 31.0 Å². The van der Waals surface area contributed by atoms with Gasteiger partial charge in [-0.2, -0.15) is 0 Å². The highest BCUT2D eigenvalue weighted by Crippen LogP contribution is 2.57. The first-order valence-electron chi connectivity index (χ1n) is 26.0. The maximum atomic E-state index is 14.5. The largest absolute Gasteiger partial charge is 0.514 e. The lowest BCUT2D eigenvalue weighted by Crippen LogP contribution is -2.62. The standard InChI is InChI=1S/C63H60O15/c1-66-51-28-45(29-52(67-2)57(51)78-63(65)73-36-44-26-16-7-17-27-44)54-46-30-49-50(75-39-74-49)31-47(46)56(48-37-72-61(64)55(48)54)77-62-60(71-35-43-24-14-6-15-25-43)59(70-34-42-22-12-5-13-23-42)58(69-33-41-20-10-4-11-21-41)53(76-62)38-68-32-40-18-8-3-9-19-40/h3-31,48,53-56,58-60,62H,32-39H2,1-2H3/t48-,53+,54+,55-,56+,58+,59+,60+,62-/m0/s1. The number of esters is 1. The van der Waals surface area contributed by atoms with Gasteiger partial charge in [0.15, 0.2) is 29.3 Å². The van der Waals surface area contributed by atoms with Crippen LogP contribution in [0.2, 0.25) is 0 Å². The van der Waals surface area contributed by atoms with Gasteiger partial charge in [-0.05, 0) is 68.8 Å². The van der Waals surface area contributed by atoms with Gasteiger partial charge >= 0.3 is 12.1 Å². The van der Waals surface area contributed by atoms with Gasteiger partial charge in [0.2, 0.25) is 12.5 Å². The molecule has 11 rings (SSSR count). The molecule has 4 aliphatic rings. The molecule has 3 aliphatic heterocycles. The van der Waals surface area contributed by atoms with Crippen molar-refractivity contribution in [2.75, 3.05) is 34.2 Å². The van der Waals surface area contributed by atoms with Crippen LogP contribution in [0.5, 0.6) is 28.7 Å². The number of hydrogen-bond donors (Lipinski definition) is 0. The highest BCUT2D eigenvalue weighted by atomic mass is 16.7. The number of methoxy groups -OCH3 is 2. The Morgan fingerprint density at radius 3 is 1.58 bits per heavy atom. The molecule has 0 N–H and O–H groups in total. The molecule has 9 atom stereocenters. The summed E-state index contributed by atoms with van der Waals surface area (Å²) in [5.74, 6) is -1.17. The molecule has 0 aromatic heterocycles. The molecule has 7 aromatic rings. The Labute approximate surface area is 452 Å². The fraction of sp³-hybridized carbons (Fsp3) is 0.302. The van der Waals surface area contributed by atoms with Crippen molar-refractivity contribution >= 4 is 12.1 Å². The molecule has 2 fully saturated rings. The Hall–Kier alpha value is -7.76. The summed E-state index contributed by atoms with van der Waals surface area (Å²) in [6.07, 6.45) is -6.11. The molecule has 0 unspecified atom stereocenters. The van der Waals surface area contributed by atoms with Gasteiger partial charge in [-0.25, -0.2) is 4.79 Å². The highest BCUT2D eigenvalue weighted by molar-refractivity contribution is 5.79. The number of ether oxygens (including phenoxy) is 13. The smallest absolute Gasteiger partial charge is 0.493 e. The maximum absolute atomic E-state index is 14.5. The summed E-state index contributed by atoms with van der Waals surface area (Å²) in [4.78, 5) is 27.7. The minimum atomic E-state index is -1.13. The van der Waals surface area contributed by atoms with Gasteiger partial charge in [-0.15, -0.1) is 0 Å². The number of fused-ring (bicyclic) bond motifs is 3.